The molecule has 0 aliphatic rings. The second-order valence-corrected chi connectivity index (χ2v) is 5.02. The number of pyridine rings is 1. The van der Waals surface area contributed by atoms with Crippen molar-refractivity contribution in [2.75, 3.05) is 12.4 Å². The average molecular weight is 230 g/mol. The lowest BCUT2D eigenvalue weighted by molar-refractivity contribution is 0.126. The smallest absolute Gasteiger partial charge is 0.221 e. The van der Waals surface area contributed by atoms with Crippen LogP contribution in [0.15, 0.2) is 30.5 Å². The van der Waals surface area contributed by atoms with E-state index in [1.165, 1.54) is 0 Å². The lowest BCUT2D eigenvalue weighted by Crippen LogP contribution is -2.23. The number of rotatable bonds is 2. The lowest BCUT2D eigenvalue weighted by Gasteiger charge is -2.21. The number of fused-ring (bicyclic) bond motifs is 1. The largest absolute Gasteiger partial charge is 0.471 e. The zero-order valence-corrected chi connectivity index (χ0v) is 10.7. The molecule has 0 saturated heterocycles. The third-order valence-corrected chi connectivity index (χ3v) is 2.42. The summed E-state index contributed by atoms with van der Waals surface area (Å²) in [4.78, 5) is 4.32. The van der Waals surface area contributed by atoms with Crippen LogP contribution in [-0.2, 0) is 0 Å². The van der Waals surface area contributed by atoms with Crippen LogP contribution >= 0.6 is 0 Å². The molecule has 90 valence electrons. The van der Waals surface area contributed by atoms with Crippen molar-refractivity contribution in [1.29, 1.82) is 0 Å². The van der Waals surface area contributed by atoms with E-state index in [1.54, 1.807) is 6.20 Å². The van der Waals surface area contributed by atoms with Crippen molar-refractivity contribution >= 4 is 16.5 Å². The van der Waals surface area contributed by atoms with Crippen LogP contribution in [0.5, 0.6) is 5.88 Å². The molecule has 1 heterocycles. The summed E-state index contributed by atoms with van der Waals surface area (Å²) in [6.45, 7) is 6.07. The van der Waals surface area contributed by atoms with E-state index in [0.29, 0.717) is 5.88 Å². The molecular weight excluding hydrogens is 212 g/mol. The maximum Gasteiger partial charge on any atom is 0.221 e. The number of hydrogen-bond donors (Lipinski definition) is 1. The Labute approximate surface area is 102 Å². The van der Waals surface area contributed by atoms with Gasteiger partial charge in [0.05, 0.1) is 0 Å². The number of benzene rings is 1. The summed E-state index contributed by atoms with van der Waals surface area (Å²) in [7, 11) is 1.90. The molecular formula is C14H18N2O. The zero-order valence-electron chi connectivity index (χ0n) is 10.7. The molecule has 0 aliphatic carbocycles. The van der Waals surface area contributed by atoms with Crippen LogP contribution < -0.4 is 10.1 Å². The Bertz CT molecular complexity index is 529. The Hall–Kier alpha value is -1.77. The van der Waals surface area contributed by atoms with Crippen LogP contribution in [0.2, 0.25) is 0 Å². The molecule has 0 aliphatic heterocycles. The highest BCUT2D eigenvalue weighted by atomic mass is 16.5. The summed E-state index contributed by atoms with van der Waals surface area (Å²) in [5.74, 6) is 0.687. The van der Waals surface area contributed by atoms with Crippen molar-refractivity contribution in [1.82, 2.24) is 4.98 Å². The molecule has 0 radical (unpaired) electrons. The summed E-state index contributed by atoms with van der Waals surface area (Å²) in [6, 6.07) is 8.16. The van der Waals surface area contributed by atoms with Crippen LogP contribution in [0, 0.1) is 0 Å². The molecule has 1 aromatic heterocycles. The van der Waals surface area contributed by atoms with Crippen LogP contribution in [0.4, 0.5) is 5.69 Å². The van der Waals surface area contributed by atoms with Gasteiger partial charge in [0, 0.05) is 24.3 Å². The maximum atomic E-state index is 5.88. The first kappa shape index (κ1) is 11.7. The SMILES string of the molecule is CNc1ccc2ccnc(OC(C)(C)C)c2c1. The summed E-state index contributed by atoms with van der Waals surface area (Å²) in [5, 5.41) is 5.30. The molecule has 3 nitrogen and oxygen atoms in total. The van der Waals surface area contributed by atoms with Crippen molar-refractivity contribution < 1.29 is 4.74 Å². The van der Waals surface area contributed by atoms with E-state index in [9.17, 15) is 0 Å². The minimum absolute atomic E-state index is 0.239. The standard InChI is InChI=1S/C14H18N2O/c1-14(2,3)17-13-12-9-11(15-4)6-5-10(12)7-8-16-13/h5-9,15H,1-4H3. The first-order valence-electron chi connectivity index (χ1n) is 5.75. The molecule has 0 spiro atoms. The van der Waals surface area contributed by atoms with Gasteiger partial charge in [0.15, 0.2) is 0 Å². The lowest BCUT2D eigenvalue weighted by atomic mass is 10.1. The van der Waals surface area contributed by atoms with Crippen LogP contribution in [0.25, 0.3) is 10.8 Å². The fraction of sp³-hybridized carbons (Fsp3) is 0.357. The number of nitrogens with zero attached hydrogens (tertiary/aromatic N) is 1. The Morgan fingerprint density at radius 1 is 1.18 bits per heavy atom. The number of nitrogens with one attached hydrogen (secondary N) is 1. The number of ether oxygens (including phenoxy) is 1. The molecule has 3 heteroatoms. The van der Waals surface area contributed by atoms with Gasteiger partial charge in [0.2, 0.25) is 5.88 Å². The van der Waals surface area contributed by atoms with E-state index in [2.05, 4.69) is 22.4 Å². The van der Waals surface area contributed by atoms with Crippen molar-refractivity contribution in [3.63, 3.8) is 0 Å². The Morgan fingerprint density at radius 2 is 1.94 bits per heavy atom. The minimum atomic E-state index is -0.239. The van der Waals surface area contributed by atoms with Gasteiger partial charge in [0.1, 0.15) is 5.60 Å². The first-order valence-corrected chi connectivity index (χ1v) is 5.75. The number of aromatic nitrogens is 1. The fourth-order valence-electron chi connectivity index (χ4n) is 1.67. The Balaban J connectivity index is 2.54. The van der Waals surface area contributed by atoms with E-state index >= 15 is 0 Å². The average Bonchev–Trinajstić information content (AvgIpc) is 2.27. The molecule has 1 aromatic carbocycles. The van der Waals surface area contributed by atoms with Gasteiger partial charge in [-0.1, -0.05) is 6.07 Å². The highest BCUT2D eigenvalue weighted by molar-refractivity contribution is 5.89. The molecule has 0 saturated carbocycles. The minimum Gasteiger partial charge on any atom is -0.471 e. The van der Waals surface area contributed by atoms with Gasteiger partial charge in [-0.25, -0.2) is 4.98 Å². The predicted molar refractivity (Wildman–Crippen MR) is 71.7 cm³/mol. The maximum absolute atomic E-state index is 5.88. The number of hydrogen-bond acceptors (Lipinski definition) is 3. The predicted octanol–water partition coefficient (Wildman–Crippen LogP) is 3.45. The van der Waals surface area contributed by atoms with Crippen LogP contribution in [0.1, 0.15) is 20.8 Å². The summed E-state index contributed by atoms with van der Waals surface area (Å²) in [5.41, 5.74) is 0.820. The molecule has 1 N–H and O–H groups in total. The second-order valence-electron chi connectivity index (χ2n) is 5.02. The first-order chi connectivity index (χ1) is 7.99. The molecule has 0 unspecified atom stereocenters. The van der Waals surface area contributed by atoms with Gasteiger partial charge in [-0.05, 0) is 44.4 Å². The monoisotopic (exact) mass is 230 g/mol. The highest BCUT2D eigenvalue weighted by Crippen LogP contribution is 2.28. The van der Waals surface area contributed by atoms with E-state index in [0.717, 1.165) is 16.5 Å². The van der Waals surface area contributed by atoms with Crippen molar-refractivity contribution in [2.24, 2.45) is 0 Å². The van der Waals surface area contributed by atoms with Gasteiger partial charge in [-0.2, -0.15) is 0 Å². The molecule has 0 fully saturated rings. The highest BCUT2D eigenvalue weighted by Gasteiger charge is 2.14. The molecule has 0 atom stereocenters. The van der Waals surface area contributed by atoms with Gasteiger partial charge < -0.3 is 10.1 Å². The number of anilines is 1. The molecule has 2 aromatic rings. The van der Waals surface area contributed by atoms with Gasteiger partial charge in [-0.3, -0.25) is 0 Å². The summed E-state index contributed by atoms with van der Waals surface area (Å²) >= 11 is 0. The third-order valence-electron chi connectivity index (χ3n) is 2.42. The fourth-order valence-corrected chi connectivity index (χ4v) is 1.67. The van der Waals surface area contributed by atoms with E-state index in [4.69, 9.17) is 4.74 Å². The van der Waals surface area contributed by atoms with Crippen LogP contribution in [-0.4, -0.2) is 17.6 Å². The summed E-state index contributed by atoms with van der Waals surface area (Å²) in [6.07, 6.45) is 1.78. The van der Waals surface area contributed by atoms with E-state index in [-0.39, 0.29) is 5.60 Å². The van der Waals surface area contributed by atoms with Crippen molar-refractivity contribution in [3.8, 4) is 5.88 Å². The van der Waals surface area contributed by atoms with E-state index in [1.807, 2.05) is 40.0 Å². The van der Waals surface area contributed by atoms with Crippen LogP contribution in [0.3, 0.4) is 0 Å². The van der Waals surface area contributed by atoms with E-state index < -0.39 is 0 Å². The molecule has 17 heavy (non-hydrogen) atoms. The zero-order chi connectivity index (χ0) is 12.5. The summed E-state index contributed by atoms with van der Waals surface area (Å²) < 4.78 is 5.88. The molecule has 2 rings (SSSR count). The normalized spacial score (nSPS) is 11.5. The van der Waals surface area contributed by atoms with Crippen molar-refractivity contribution in [3.05, 3.63) is 30.5 Å². The van der Waals surface area contributed by atoms with Crippen molar-refractivity contribution in [2.45, 2.75) is 26.4 Å². The van der Waals surface area contributed by atoms with Gasteiger partial charge in [0.25, 0.3) is 0 Å². The third kappa shape index (κ3) is 2.67. The Morgan fingerprint density at radius 3 is 2.59 bits per heavy atom. The van der Waals surface area contributed by atoms with Gasteiger partial charge >= 0.3 is 0 Å². The molecule has 0 amide bonds. The topological polar surface area (TPSA) is 34.2 Å². The Kier molecular flexibility index (Phi) is 2.92. The van der Waals surface area contributed by atoms with Gasteiger partial charge in [-0.15, -0.1) is 0 Å². The molecule has 0 bridgehead atoms. The quantitative estimate of drug-likeness (QED) is 0.858. The second kappa shape index (κ2) is 4.24.